The first kappa shape index (κ1) is 10.3. The largest absolute Gasteiger partial charge is 0.490 e. The number of hydrogen-bond donors (Lipinski definition) is 1. The van der Waals surface area contributed by atoms with Crippen LogP contribution in [0.5, 0.6) is 11.5 Å². The summed E-state index contributed by atoms with van der Waals surface area (Å²) in [7, 11) is 0. The predicted octanol–water partition coefficient (Wildman–Crippen LogP) is 2.29. The van der Waals surface area contributed by atoms with E-state index < -0.39 is 6.10 Å². The Balaban J connectivity index is 2.28. The van der Waals surface area contributed by atoms with Crippen LogP contribution < -0.4 is 9.47 Å². The fraction of sp³-hybridized carbons (Fsp3) is 0.500. The minimum atomic E-state index is -0.537. The van der Waals surface area contributed by atoms with Crippen LogP contribution >= 0.6 is 0 Å². The van der Waals surface area contributed by atoms with Gasteiger partial charge in [-0.2, -0.15) is 0 Å². The molecule has 2 rings (SSSR count). The second-order valence-corrected chi connectivity index (χ2v) is 3.79. The SMILES string of the molecule is CCCOc1cccc2c1OC(C)C2O. The number of fused-ring (bicyclic) bond motifs is 1. The van der Waals surface area contributed by atoms with Gasteiger partial charge in [0.1, 0.15) is 12.2 Å². The molecule has 1 heterocycles. The van der Waals surface area contributed by atoms with Crippen molar-refractivity contribution in [1.29, 1.82) is 0 Å². The number of aliphatic hydroxyl groups excluding tert-OH is 1. The van der Waals surface area contributed by atoms with Crippen molar-refractivity contribution in [3.63, 3.8) is 0 Å². The number of ether oxygens (including phenoxy) is 2. The summed E-state index contributed by atoms with van der Waals surface area (Å²) in [5.41, 5.74) is 0.830. The third-order valence-corrected chi connectivity index (χ3v) is 2.54. The van der Waals surface area contributed by atoms with Crippen molar-refractivity contribution in [1.82, 2.24) is 0 Å². The Morgan fingerprint density at radius 2 is 2.27 bits per heavy atom. The zero-order valence-corrected chi connectivity index (χ0v) is 9.06. The molecule has 0 bridgehead atoms. The molecule has 2 unspecified atom stereocenters. The molecular formula is C12H16O3. The average molecular weight is 208 g/mol. The summed E-state index contributed by atoms with van der Waals surface area (Å²) in [5, 5.41) is 9.82. The molecule has 0 radical (unpaired) electrons. The third-order valence-electron chi connectivity index (χ3n) is 2.54. The Morgan fingerprint density at radius 1 is 1.47 bits per heavy atom. The van der Waals surface area contributed by atoms with E-state index in [9.17, 15) is 5.11 Å². The van der Waals surface area contributed by atoms with Crippen LogP contribution in [0.2, 0.25) is 0 Å². The van der Waals surface area contributed by atoms with Crippen LogP contribution in [0.3, 0.4) is 0 Å². The van der Waals surface area contributed by atoms with Gasteiger partial charge in [-0.05, 0) is 19.4 Å². The Morgan fingerprint density at radius 3 is 3.00 bits per heavy atom. The lowest BCUT2D eigenvalue weighted by Gasteiger charge is -2.09. The van der Waals surface area contributed by atoms with Crippen molar-refractivity contribution in [2.75, 3.05) is 6.61 Å². The van der Waals surface area contributed by atoms with Crippen molar-refractivity contribution in [2.24, 2.45) is 0 Å². The minimum Gasteiger partial charge on any atom is -0.490 e. The van der Waals surface area contributed by atoms with Crippen LogP contribution in [0.25, 0.3) is 0 Å². The summed E-state index contributed by atoms with van der Waals surface area (Å²) in [6.45, 7) is 4.58. The lowest BCUT2D eigenvalue weighted by molar-refractivity contribution is 0.0783. The molecule has 1 aromatic rings. The van der Waals surface area contributed by atoms with E-state index in [1.165, 1.54) is 0 Å². The molecule has 0 saturated heterocycles. The molecular weight excluding hydrogens is 192 g/mol. The molecule has 0 spiro atoms. The van der Waals surface area contributed by atoms with Gasteiger partial charge in [0.15, 0.2) is 11.5 Å². The first-order valence-corrected chi connectivity index (χ1v) is 5.34. The van der Waals surface area contributed by atoms with E-state index in [4.69, 9.17) is 9.47 Å². The second kappa shape index (κ2) is 4.11. The molecule has 1 N–H and O–H groups in total. The Bertz CT molecular complexity index is 349. The monoisotopic (exact) mass is 208 g/mol. The number of hydrogen-bond acceptors (Lipinski definition) is 3. The Labute approximate surface area is 89.6 Å². The molecule has 82 valence electrons. The van der Waals surface area contributed by atoms with Crippen LogP contribution in [0.15, 0.2) is 18.2 Å². The highest BCUT2D eigenvalue weighted by Gasteiger charge is 2.31. The standard InChI is InChI=1S/C12H16O3/c1-3-7-14-10-6-4-5-9-11(13)8(2)15-12(9)10/h4-6,8,11,13H,3,7H2,1-2H3. The first-order chi connectivity index (χ1) is 7.24. The van der Waals surface area contributed by atoms with Crippen LogP contribution in [0.4, 0.5) is 0 Å². The van der Waals surface area contributed by atoms with Gasteiger partial charge in [-0.25, -0.2) is 0 Å². The summed E-state index contributed by atoms with van der Waals surface area (Å²) >= 11 is 0. The van der Waals surface area contributed by atoms with E-state index in [2.05, 4.69) is 6.92 Å². The van der Waals surface area contributed by atoms with Gasteiger partial charge in [0.05, 0.1) is 6.61 Å². The summed E-state index contributed by atoms with van der Waals surface area (Å²) in [6, 6.07) is 5.63. The normalized spacial score (nSPS) is 23.4. The van der Waals surface area contributed by atoms with Crippen LogP contribution in [-0.4, -0.2) is 17.8 Å². The van der Waals surface area contributed by atoms with Crippen LogP contribution in [-0.2, 0) is 0 Å². The lowest BCUT2D eigenvalue weighted by Crippen LogP contribution is -2.12. The maximum atomic E-state index is 9.82. The van der Waals surface area contributed by atoms with E-state index >= 15 is 0 Å². The average Bonchev–Trinajstić information content (AvgIpc) is 2.53. The van der Waals surface area contributed by atoms with E-state index in [1.807, 2.05) is 25.1 Å². The minimum absolute atomic E-state index is 0.189. The van der Waals surface area contributed by atoms with E-state index in [0.717, 1.165) is 17.7 Å². The fourth-order valence-corrected chi connectivity index (χ4v) is 1.72. The maximum Gasteiger partial charge on any atom is 0.167 e. The van der Waals surface area contributed by atoms with Gasteiger partial charge in [-0.1, -0.05) is 19.1 Å². The molecule has 15 heavy (non-hydrogen) atoms. The van der Waals surface area contributed by atoms with Gasteiger partial charge in [-0.3, -0.25) is 0 Å². The van der Waals surface area contributed by atoms with Gasteiger partial charge in [-0.15, -0.1) is 0 Å². The second-order valence-electron chi connectivity index (χ2n) is 3.79. The molecule has 0 aliphatic carbocycles. The number of benzene rings is 1. The molecule has 1 aliphatic rings. The molecule has 1 aliphatic heterocycles. The predicted molar refractivity (Wildman–Crippen MR) is 57.3 cm³/mol. The summed E-state index contributed by atoms with van der Waals surface area (Å²) in [6.07, 6.45) is 0.235. The van der Waals surface area contributed by atoms with Gasteiger partial charge in [0.2, 0.25) is 0 Å². The van der Waals surface area contributed by atoms with Crippen molar-refractivity contribution >= 4 is 0 Å². The molecule has 3 nitrogen and oxygen atoms in total. The number of rotatable bonds is 3. The smallest absolute Gasteiger partial charge is 0.167 e. The van der Waals surface area contributed by atoms with E-state index in [1.54, 1.807) is 0 Å². The zero-order valence-electron chi connectivity index (χ0n) is 9.06. The van der Waals surface area contributed by atoms with Crippen molar-refractivity contribution in [3.8, 4) is 11.5 Å². The summed E-state index contributed by atoms with van der Waals surface area (Å²) in [5.74, 6) is 1.43. The maximum absolute atomic E-state index is 9.82. The van der Waals surface area contributed by atoms with Gasteiger partial charge < -0.3 is 14.6 Å². The van der Waals surface area contributed by atoms with Gasteiger partial charge >= 0.3 is 0 Å². The lowest BCUT2D eigenvalue weighted by atomic mass is 10.1. The Hall–Kier alpha value is -1.22. The molecule has 0 saturated carbocycles. The fourth-order valence-electron chi connectivity index (χ4n) is 1.72. The molecule has 0 amide bonds. The summed E-state index contributed by atoms with van der Waals surface area (Å²) in [4.78, 5) is 0. The third kappa shape index (κ3) is 1.79. The highest BCUT2D eigenvalue weighted by atomic mass is 16.5. The molecule has 3 heteroatoms. The van der Waals surface area contributed by atoms with E-state index in [-0.39, 0.29) is 6.10 Å². The molecule has 1 aromatic carbocycles. The highest BCUT2D eigenvalue weighted by molar-refractivity contribution is 5.50. The van der Waals surface area contributed by atoms with Gasteiger partial charge in [0, 0.05) is 5.56 Å². The first-order valence-electron chi connectivity index (χ1n) is 5.34. The summed E-state index contributed by atoms with van der Waals surface area (Å²) < 4.78 is 11.1. The quantitative estimate of drug-likeness (QED) is 0.828. The molecule has 0 aromatic heterocycles. The van der Waals surface area contributed by atoms with E-state index in [0.29, 0.717) is 12.4 Å². The van der Waals surface area contributed by atoms with Crippen molar-refractivity contribution in [2.45, 2.75) is 32.5 Å². The van der Waals surface area contributed by atoms with Crippen LogP contribution in [0, 0.1) is 0 Å². The van der Waals surface area contributed by atoms with Crippen LogP contribution in [0.1, 0.15) is 31.9 Å². The highest BCUT2D eigenvalue weighted by Crippen LogP contribution is 2.42. The number of aliphatic hydroxyl groups is 1. The number of para-hydroxylation sites is 1. The molecule has 0 fully saturated rings. The topological polar surface area (TPSA) is 38.7 Å². The van der Waals surface area contributed by atoms with Gasteiger partial charge in [0.25, 0.3) is 0 Å². The zero-order chi connectivity index (χ0) is 10.8. The van der Waals surface area contributed by atoms with Crippen molar-refractivity contribution in [3.05, 3.63) is 23.8 Å². The molecule has 2 atom stereocenters. The van der Waals surface area contributed by atoms with Crippen molar-refractivity contribution < 1.29 is 14.6 Å². The Kier molecular flexibility index (Phi) is 2.82.